The largest absolute Gasteiger partial charge is 0.392 e. The minimum absolute atomic E-state index is 0.0119. The molecule has 1 aliphatic rings. The van der Waals surface area contributed by atoms with Crippen molar-refractivity contribution in [1.29, 1.82) is 0 Å². The first kappa shape index (κ1) is 28.9. The zero-order valence-corrected chi connectivity index (χ0v) is 24.1. The van der Waals surface area contributed by atoms with Gasteiger partial charge in [-0.3, -0.25) is 0 Å². The number of aliphatic hydroxyl groups is 1. The Labute approximate surface area is 245 Å². The Morgan fingerprint density at radius 1 is 1.02 bits per heavy atom. The maximum absolute atomic E-state index is 11.9. The monoisotopic (exact) mass is 572 g/mol. The molecule has 0 saturated carbocycles. The van der Waals surface area contributed by atoms with E-state index in [1.807, 2.05) is 79.3 Å². The highest BCUT2D eigenvalue weighted by atomic mass is 32.2. The van der Waals surface area contributed by atoms with Crippen LogP contribution in [0.1, 0.15) is 48.0 Å². The van der Waals surface area contributed by atoms with Gasteiger partial charge in [0, 0.05) is 50.3 Å². The summed E-state index contributed by atoms with van der Waals surface area (Å²) >= 11 is 1.68. The van der Waals surface area contributed by atoms with Crippen LogP contribution < -0.4 is 10.6 Å². The summed E-state index contributed by atoms with van der Waals surface area (Å²) in [7, 11) is 1.99. The second kappa shape index (κ2) is 13.8. The van der Waals surface area contributed by atoms with Gasteiger partial charge >= 0.3 is 6.03 Å². The minimum Gasteiger partial charge on any atom is -0.392 e. The summed E-state index contributed by atoms with van der Waals surface area (Å²) in [5.74, 6) is 0.750. The number of urea groups is 1. The molecule has 4 aromatic rings. The first-order valence-electron chi connectivity index (χ1n) is 13.8. The van der Waals surface area contributed by atoms with Crippen molar-refractivity contribution in [3.05, 3.63) is 107 Å². The van der Waals surface area contributed by atoms with Crippen LogP contribution in [-0.4, -0.2) is 39.1 Å². The summed E-state index contributed by atoms with van der Waals surface area (Å²) < 4.78 is 15.0. The lowest BCUT2D eigenvalue weighted by molar-refractivity contribution is -0.245. The summed E-state index contributed by atoms with van der Waals surface area (Å²) in [6.07, 6.45) is 3.75. The van der Waals surface area contributed by atoms with E-state index in [0.717, 1.165) is 50.7 Å². The molecule has 214 valence electrons. The molecule has 3 N–H and O–H groups in total. The molecule has 0 spiro atoms. The molecule has 0 bridgehead atoms. The normalized spacial score (nSPS) is 18.7. The van der Waals surface area contributed by atoms with Crippen molar-refractivity contribution in [2.24, 2.45) is 7.05 Å². The molecular formula is C32H36N4O4S. The van der Waals surface area contributed by atoms with Gasteiger partial charge in [0.2, 0.25) is 0 Å². The van der Waals surface area contributed by atoms with E-state index < -0.39 is 6.29 Å². The molecule has 3 aromatic carbocycles. The van der Waals surface area contributed by atoms with Crippen molar-refractivity contribution in [2.45, 2.75) is 50.2 Å². The van der Waals surface area contributed by atoms with Gasteiger partial charge in [-0.2, -0.15) is 0 Å². The highest BCUT2D eigenvalue weighted by Gasteiger charge is 2.32. The second-order valence-electron chi connectivity index (χ2n) is 9.97. The standard InChI is InChI=1S/C32H36N4O4S/c1-3-33-31(38)35-19-26-6-4-5-7-28(26)23-12-14-25(15-13-23)30-39-27(21-41-32-34-16-17-36(32)2)18-29(40-30)24-10-8-22(20-37)9-11-24/h4-17,27,29-30,37H,3,18-21H2,1-2H3,(H2,33,35,38)/t27-,29+,30+/m1/s1. The fourth-order valence-corrected chi connectivity index (χ4v) is 5.81. The van der Waals surface area contributed by atoms with Crippen molar-refractivity contribution in [3.8, 4) is 11.1 Å². The Morgan fingerprint density at radius 3 is 2.49 bits per heavy atom. The number of aromatic nitrogens is 2. The Bertz CT molecular complexity index is 1420. The number of carbonyl (C=O) groups is 1. The number of nitrogens with one attached hydrogen (secondary N) is 2. The summed E-state index contributed by atoms with van der Waals surface area (Å²) in [6, 6.07) is 24.1. The zero-order valence-electron chi connectivity index (χ0n) is 23.3. The predicted octanol–water partition coefficient (Wildman–Crippen LogP) is 5.74. The lowest BCUT2D eigenvalue weighted by atomic mass is 9.98. The Morgan fingerprint density at radius 2 is 1.78 bits per heavy atom. The van der Waals surface area contributed by atoms with E-state index in [4.69, 9.17) is 9.47 Å². The summed E-state index contributed by atoms with van der Waals surface area (Å²) in [5, 5.41) is 16.1. The summed E-state index contributed by atoms with van der Waals surface area (Å²) in [5.41, 5.74) is 6.03. The number of thioether (sulfide) groups is 1. The van der Waals surface area contributed by atoms with Crippen LogP contribution in [0, 0.1) is 0 Å². The van der Waals surface area contributed by atoms with Crippen LogP contribution in [0.3, 0.4) is 0 Å². The van der Waals surface area contributed by atoms with Crippen LogP contribution in [0.15, 0.2) is 90.3 Å². The Hall–Kier alpha value is -3.63. The van der Waals surface area contributed by atoms with Gasteiger partial charge in [0.05, 0.1) is 18.8 Å². The third kappa shape index (κ3) is 7.37. The third-order valence-corrected chi connectivity index (χ3v) is 8.27. The van der Waals surface area contributed by atoms with Gasteiger partial charge in [-0.25, -0.2) is 9.78 Å². The number of ether oxygens (including phenoxy) is 2. The van der Waals surface area contributed by atoms with E-state index in [9.17, 15) is 9.90 Å². The van der Waals surface area contributed by atoms with Crippen LogP contribution in [0.4, 0.5) is 4.79 Å². The molecule has 0 radical (unpaired) electrons. The summed E-state index contributed by atoms with van der Waals surface area (Å²) in [4.78, 5) is 16.4. The quantitative estimate of drug-likeness (QED) is 0.210. The van der Waals surface area contributed by atoms with E-state index in [1.54, 1.807) is 18.0 Å². The third-order valence-electron chi connectivity index (χ3n) is 7.08. The average molecular weight is 573 g/mol. The number of hydrogen-bond donors (Lipinski definition) is 3. The molecule has 8 nitrogen and oxygen atoms in total. The van der Waals surface area contributed by atoms with Crippen LogP contribution in [0.25, 0.3) is 11.1 Å². The Balaban J connectivity index is 1.34. The number of imidazole rings is 1. The molecular weight excluding hydrogens is 536 g/mol. The number of aliphatic hydroxyl groups excluding tert-OH is 1. The fraction of sp³-hybridized carbons (Fsp3) is 0.312. The van der Waals surface area contributed by atoms with Crippen molar-refractivity contribution in [1.82, 2.24) is 20.2 Å². The number of amides is 2. The van der Waals surface area contributed by atoms with Crippen molar-refractivity contribution in [2.75, 3.05) is 12.3 Å². The van der Waals surface area contributed by atoms with E-state index >= 15 is 0 Å². The molecule has 1 aliphatic heterocycles. The predicted molar refractivity (Wildman–Crippen MR) is 160 cm³/mol. The van der Waals surface area contributed by atoms with E-state index in [-0.39, 0.29) is 24.8 Å². The molecule has 2 heterocycles. The lowest BCUT2D eigenvalue weighted by Gasteiger charge is -2.36. The maximum atomic E-state index is 11.9. The first-order valence-corrected chi connectivity index (χ1v) is 14.8. The minimum atomic E-state index is -0.526. The van der Waals surface area contributed by atoms with Gasteiger partial charge in [-0.15, -0.1) is 0 Å². The van der Waals surface area contributed by atoms with Crippen LogP contribution in [0.2, 0.25) is 0 Å². The van der Waals surface area contributed by atoms with Crippen LogP contribution in [0.5, 0.6) is 0 Å². The highest BCUT2D eigenvalue weighted by Crippen LogP contribution is 2.40. The fourth-order valence-electron chi connectivity index (χ4n) is 4.86. The molecule has 5 rings (SSSR count). The van der Waals surface area contributed by atoms with Crippen LogP contribution in [-0.2, 0) is 29.7 Å². The molecule has 9 heteroatoms. The molecule has 2 amide bonds. The number of nitrogens with zero attached hydrogens (tertiary/aromatic N) is 2. The second-order valence-corrected chi connectivity index (χ2v) is 11.0. The topological polar surface area (TPSA) is 97.6 Å². The molecule has 0 unspecified atom stereocenters. The highest BCUT2D eigenvalue weighted by molar-refractivity contribution is 7.99. The van der Waals surface area contributed by atoms with E-state index in [1.165, 1.54) is 0 Å². The molecule has 1 fully saturated rings. The number of hydrogen-bond acceptors (Lipinski definition) is 6. The Kier molecular flexibility index (Phi) is 9.74. The number of benzene rings is 3. The SMILES string of the molecule is CCNC(=O)NCc1ccccc1-c1ccc([C@H]2O[C@@H](CSc3nccn3C)C[C@@H](c3ccc(CO)cc3)O2)cc1. The lowest BCUT2D eigenvalue weighted by Crippen LogP contribution is -2.34. The first-order chi connectivity index (χ1) is 20.0. The molecule has 41 heavy (non-hydrogen) atoms. The van der Waals surface area contributed by atoms with Crippen molar-refractivity contribution >= 4 is 17.8 Å². The van der Waals surface area contributed by atoms with Gasteiger partial charge < -0.3 is 29.8 Å². The molecule has 0 aliphatic carbocycles. The number of rotatable bonds is 10. The molecule has 1 aromatic heterocycles. The smallest absolute Gasteiger partial charge is 0.315 e. The van der Waals surface area contributed by atoms with E-state index in [2.05, 4.69) is 33.8 Å². The maximum Gasteiger partial charge on any atom is 0.315 e. The summed E-state index contributed by atoms with van der Waals surface area (Å²) in [6.45, 7) is 2.92. The molecule has 1 saturated heterocycles. The van der Waals surface area contributed by atoms with Crippen LogP contribution >= 0.6 is 11.8 Å². The van der Waals surface area contributed by atoms with E-state index in [0.29, 0.717) is 13.1 Å². The van der Waals surface area contributed by atoms with Gasteiger partial charge in [-0.05, 0) is 34.7 Å². The zero-order chi connectivity index (χ0) is 28.6. The number of aryl methyl sites for hydroxylation is 1. The van der Waals surface area contributed by atoms with Gasteiger partial charge in [0.1, 0.15) is 0 Å². The molecule has 3 atom stereocenters. The van der Waals surface area contributed by atoms with Gasteiger partial charge in [-0.1, -0.05) is 84.6 Å². The van der Waals surface area contributed by atoms with Crippen molar-refractivity contribution < 1.29 is 19.4 Å². The average Bonchev–Trinajstić information content (AvgIpc) is 3.43. The van der Waals surface area contributed by atoms with Gasteiger partial charge in [0.15, 0.2) is 11.4 Å². The van der Waals surface area contributed by atoms with Gasteiger partial charge in [0.25, 0.3) is 0 Å². The van der Waals surface area contributed by atoms with Crippen molar-refractivity contribution in [3.63, 3.8) is 0 Å². The number of carbonyl (C=O) groups excluding carboxylic acids is 1.